The number of halogens is 4. The van der Waals surface area contributed by atoms with Crippen LogP contribution in [0.3, 0.4) is 0 Å². The van der Waals surface area contributed by atoms with Crippen LogP contribution in [0.4, 0.5) is 8.78 Å². The Kier molecular flexibility index (Phi) is 9.60. The van der Waals surface area contributed by atoms with Gasteiger partial charge < -0.3 is 19.9 Å². The minimum atomic E-state index is -1.62. The maximum Gasteiger partial charge on any atom is 0.252 e. The highest BCUT2D eigenvalue weighted by atomic mass is 35.5. The van der Waals surface area contributed by atoms with Gasteiger partial charge in [0.15, 0.2) is 11.6 Å². The maximum absolute atomic E-state index is 14.5. The van der Waals surface area contributed by atoms with Crippen molar-refractivity contribution in [3.63, 3.8) is 0 Å². The van der Waals surface area contributed by atoms with Gasteiger partial charge in [-0.3, -0.25) is 4.79 Å². The lowest BCUT2D eigenvalue weighted by atomic mass is 9.82. The molecule has 222 valence electrons. The van der Waals surface area contributed by atoms with Gasteiger partial charge in [0, 0.05) is 52.7 Å². The van der Waals surface area contributed by atoms with Gasteiger partial charge in [-0.25, -0.2) is 13.8 Å². The Morgan fingerprint density at radius 1 is 0.977 bits per heavy atom. The largest absolute Gasteiger partial charge is 0.494 e. The molecule has 4 aromatic carbocycles. The van der Waals surface area contributed by atoms with Crippen molar-refractivity contribution in [3.05, 3.63) is 135 Å². The van der Waals surface area contributed by atoms with Crippen molar-refractivity contribution in [2.75, 3.05) is 13.2 Å². The molecule has 1 amide bonds. The lowest BCUT2D eigenvalue weighted by Gasteiger charge is -2.31. The first-order valence-electron chi connectivity index (χ1n) is 13.6. The average Bonchev–Trinajstić information content (AvgIpc) is 3.37. The fourth-order valence-electron chi connectivity index (χ4n) is 4.90. The molecule has 0 bridgehead atoms. The third-order valence-corrected chi connectivity index (χ3v) is 7.64. The van der Waals surface area contributed by atoms with Gasteiger partial charge in [0.1, 0.15) is 17.4 Å². The Bertz CT molecular complexity index is 1600. The van der Waals surface area contributed by atoms with Crippen LogP contribution in [0.15, 0.2) is 96.0 Å². The molecule has 0 aliphatic carbocycles. The van der Waals surface area contributed by atoms with Crippen LogP contribution in [0.25, 0.3) is 0 Å². The minimum absolute atomic E-state index is 0.0203. The monoisotopic (exact) mass is 624 g/mol. The fourth-order valence-corrected chi connectivity index (χ4v) is 5.41. The van der Waals surface area contributed by atoms with Gasteiger partial charge in [-0.15, -0.1) is 0 Å². The Labute approximate surface area is 257 Å². The lowest BCUT2D eigenvalue weighted by molar-refractivity contribution is -0.129. The van der Waals surface area contributed by atoms with E-state index in [4.69, 9.17) is 42.8 Å². The zero-order chi connectivity index (χ0) is 30.4. The summed E-state index contributed by atoms with van der Waals surface area (Å²) < 4.78 is 41.0. The van der Waals surface area contributed by atoms with Crippen LogP contribution in [0.5, 0.6) is 5.75 Å². The molecule has 0 saturated carbocycles. The van der Waals surface area contributed by atoms with Crippen molar-refractivity contribution in [1.29, 1.82) is 0 Å². The maximum atomic E-state index is 14.5. The number of hydrogen-bond donors (Lipinski definition) is 2. The van der Waals surface area contributed by atoms with Gasteiger partial charge >= 0.3 is 0 Å². The normalized spacial score (nSPS) is 17.7. The van der Waals surface area contributed by atoms with Crippen LogP contribution >= 0.6 is 23.2 Å². The van der Waals surface area contributed by atoms with Crippen molar-refractivity contribution in [3.8, 4) is 5.75 Å². The summed E-state index contributed by atoms with van der Waals surface area (Å²) in [4.78, 5) is 19.2. The van der Waals surface area contributed by atoms with Crippen LogP contribution in [0.1, 0.15) is 34.8 Å². The number of ether oxygens (including phenoxy) is 2. The first-order valence-corrected chi connectivity index (χ1v) is 14.4. The summed E-state index contributed by atoms with van der Waals surface area (Å²) in [5.74, 6) is -1.38. The minimum Gasteiger partial charge on any atom is -0.494 e. The number of aliphatic hydroxyl groups is 1. The van der Waals surface area contributed by atoms with Gasteiger partial charge in [0.2, 0.25) is 5.90 Å². The molecule has 1 aliphatic heterocycles. The van der Waals surface area contributed by atoms with Gasteiger partial charge in [-0.1, -0.05) is 65.7 Å². The number of benzene rings is 4. The van der Waals surface area contributed by atoms with Gasteiger partial charge in [0.05, 0.1) is 6.61 Å². The molecule has 2 atom stereocenters. The number of hydrogen-bond acceptors (Lipinski definition) is 5. The quantitative estimate of drug-likeness (QED) is 0.179. The first kappa shape index (κ1) is 30.5. The van der Waals surface area contributed by atoms with Gasteiger partial charge in [-0.05, 0) is 54.1 Å². The molecule has 6 nitrogen and oxygen atoms in total. The van der Waals surface area contributed by atoms with E-state index in [2.05, 4.69) is 5.32 Å². The molecule has 0 unspecified atom stereocenters. The summed E-state index contributed by atoms with van der Waals surface area (Å²) in [5, 5.41) is 12.4. The number of carbonyl (C=O) groups is 1. The molecule has 0 fully saturated rings. The van der Waals surface area contributed by atoms with E-state index in [-0.39, 0.29) is 29.5 Å². The standard InChI is InChI=1S/C33H28Cl2F2N2O4/c34-23-12-15-25(27(35)18-23)30-33(19-21-6-2-1-3-7-21,32(41)38-20-26-28(36)8-4-9-29(26)37)39-31(43-30)22-10-13-24(14-11-22)42-17-5-16-40/h1-4,6-15,18,30,40H,5,16-17,19-20H2,(H,38,41)/t30-,33-/m1/s1. The van der Waals surface area contributed by atoms with Crippen molar-refractivity contribution in [2.24, 2.45) is 4.99 Å². The van der Waals surface area contributed by atoms with Gasteiger partial charge in [0.25, 0.3) is 5.91 Å². The van der Waals surface area contributed by atoms with E-state index >= 15 is 0 Å². The van der Waals surface area contributed by atoms with E-state index in [0.29, 0.717) is 34.9 Å². The van der Waals surface area contributed by atoms with Crippen LogP contribution in [-0.4, -0.2) is 35.7 Å². The first-order chi connectivity index (χ1) is 20.8. The number of rotatable bonds is 11. The second-order valence-electron chi connectivity index (χ2n) is 10.0. The molecular weight excluding hydrogens is 597 g/mol. The zero-order valence-corrected chi connectivity index (χ0v) is 24.4. The number of nitrogens with zero attached hydrogens (tertiary/aromatic N) is 1. The van der Waals surface area contributed by atoms with E-state index in [1.165, 1.54) is 6.07 Å². The molecular formula is C33H28Cl2F2N2O4. The van der Waals surface area contributed by atoms with E-state index < -0.39 is 35.7 Å². The second-order valence-corrected chi connectivity index (χ2v) is 10.8. The van der Waals surface area contributed by atoms with E-state index in [1.54, 1.807) is 42.5 Å². The highest BCUT2D eigenvalue weighted by molar-refractivity contribution is 6.35. The second kappa shape index (κ2) is 13.5. The van der Waals surface area contributed by atoms with Crippen molar-refractivity contribution in [2.45, 2.75) is 31.0 Å². The summed E-state index contributed by atoms with van der Waals surface area (Å²) in [6.07, 6.45) is -0.428. The molecule has 0 spiro atoms. The van der Waals surface area contributed by atoms with E-state index in [1.807, 2.05) is 30.3 Å². The molecule has 1 heterocycles. The summed E-state index contributed by atoms with van der Waals surface area (Å²) in [6.45, 7) is -0.0282. The zero-order valence-electron chi connectivity index (χ0n) is 22.9. The Morgan fingerprint density at radius 2 is 1.70 bits per heavy atom. The molecule has 10 heteroatoms. The third kappa shape index (κ3) is 6.82. The summed E-state index contributed by atoms with van der Waals surface area (Å²) in [5.41, 5.74) is -0.0613. The summed E-state index contributed by atoms with van der Waals surface area (Å²) in [7, 11) is 0. The smallest absolute Gasteiger partial charge is 0.252 e. The Hall–Kier alpha value is -3.98. The van der Waals surface area contributed by atoms with E-state index in [9.17, 15) is 13.6 Å². The predicted molar refractivity (Wildman–Crippen MR) is 162 cm³/mol. The molecule has 0 saturated heterocycles. The highest BCUT2D eigenvalue weighted by Crippen LogP contribution is 2.45. The summed E-state index contributed by atoms with van der Waals surface area (Å²) in [6, 6.07) is 24.6. The van der Waals surface area contributed by atoms with Crippen molar-refractivity contribution < 1.29 is 28.2 Å². The highest BCUT2D eigenvalue weighted by Gasteiger charge is 2.54. The van der Waals surface area contributed by atoms with Crippen molar-refractivity contribution in [1.82, 2.24) is 5.32 Å². The summed E-state index contributed by atoms with van der Waals surface area (Å²) >= 11 is 12.8. The fraction of sp³-hybridized carbons (Fsp3) is 0.212. The number of aliphatic imine (C=N–C) groups is 1. The molecule has 5 rings (SSSR count). The van der Waals surface area contributed by atoms with Crippen LogP contribution in [-0.2, 0) is 22.5 Å². The molecule has 4 aromatic rings. The molecule has 0 aromatic heterocycles. The molecule has 2 N–H and O–H groups in total. The number of amides is 1. The van der Waals surface area contributed by atoms with E-state index in [0.717, 1.165) is 17.7 Å². The topological polar surface area (TPSA) is 80.2 Å². The van der Waals surface area contributed by atoms with Crippen LogP contribution < -0.4 is 10.1 Å². The van der Waals surface area contributed by atoms with Crippen LogP contribution in [0, 0.1) is 11.6 Å². The number of carbonyl (C=O) groups excluding carboxylic acids is 1. The average molecular weight is 625 g/mol. The van der Waals surface area contributed by atoms with Gasteiger partial charge in [-0.2, -0.15) is 0 Å². The van der Waals surface area contributed by atoms with Crippen LogP contribution in [0.2, 0.25) is 10.0 Å². The Morgan fingerprint density at radius 3 is 2.37 bits per heavy atom. The molecule has 0 radical (unpaired) electrons. The SMILES string of the molecule is O=C(NCc1c(F)cccc1F)[C@]1(Cc2ccccc2)N=C(c2ccc(OCCCO)cc2)O[C@@H]1c1ccc(Cl)cc1Cl. The number of nitrogens with one attached hydrogen (secondary N) is 1. The Balaban J connectivity index is 1.58. The van der Waals surface area contributed by atoms with Crippen molar-refractivity contribution >= 4 is 35.0 Å². The lowest BCUT2D eigenvalue weighted by Crippen LogP contribution is -2.49. The molecule has 43 heavy (non-hydrogen) atoms. The third-order valence-electron chi connectivity index (χ3n) is 7.08. The number of aliphatic hydroxyl groups excluding tert-OH is 1. The predicted octanol–water partition coefficient (Wildman–Crippen LogP) is 6.85. The molecule has 1 aliphatic rings.